The number of amides is 1. The monoisotopic (exact) mass is 233 g/mol. The maximum Gasteiger partial charge on any atom is 0.257 e. The summed E-state index contributed by atoms with van der Waals surface area (Å²) in [6.45, 7) is 7.61. The predicted octanol–water partition coefficient (Wildman–Crippen LogP) is 1.97. The lowest BCUT2D eigenvalue weighted by molar-refractivity contribution is 0.0681. The van der Waals surface area contributed by atoms with Gasteiger partial charge >= 0.3 is 0 Å². The number of aryl methyl sites for hydroxylation is 2. The molecule has 92 valence electrons. The second kappa shape index (κ2) is 4.82. The van der Waals surface area contributed by atoms with Crippen molar-refractivity contribution in [1.82, 2.24) is 14.9 Å². The summed E-state index contributed by atoms with van der Waals surface area (Å²) in [5, 5.41) is 0. The average Bonchev–Trinajstić information content (AvgIpc) is 2.28. The van der Waals surface area contributed by atoms with E-state index in [1.54, 1.807) is 6.20 Å². The molecule has 0 saturated carbocycles. The van der Waals surface area contributed by atoms with E-state index < -0.39 is 0 Å². The second-order valence-electron chi connectivity index (χ2n) is 4.91. The lowest BCUT2D eigenvalue weighted by Crippen LogP contribution is -2.39. The van der Waals surface area contributed by atoms with E-state index in [1.165, 1.54) is 6.42 Å². The molecule has 1 atom stereocenters. The molecule has 4 heteroatoms. The van der Waals surface area contributed by atoms with E-state index >= 15 is 0 Å². The molecule has 0 N–H and O–H groups in total. The summed E-state index contributed by atoms with van der Waals surface area (Å²) in [7, 11) is 0. The van der Waals surface area contributed by atoms with Crippen molar-refractivity contribution in [2.24, 2.45) is 5.92 Å². The van der Waals surface area contributed by atoms with Crippen molar-refractivity contribution in [3.8, 4) is 0 Å². The number of aromatic nitrogens is 2. The lowest BCUT2D eigenvalue weighted by Gasteiger charge is -2.31. The van der Waals surface area contributed by atoms with Crippen molar-refractivity contribution in [1.29, 1.82) is 0 Å². The number of hydrogen-bond acceptors (Lipinski definition) is 3. The van der Waals surface area contributed by atoms with Gasteiger partial charge in [-0.2, -0.15) is 0 Å². The molecule has 1 aromatic heterocycles. The highest BCUT2D eigenvalue weighted by atomic mass is 16.2. The Morgan fingerprint density at radius 1 is 1.47 bits per heavy atom. The van der Waals surface area contributed by atoms with Crippen LogP contribution in [0.2, 0.25) is 0 Å². The summed E-state index contributed by atoms with van der Waals surface area (Å²) in [5.41, 5.74) is 1.42. The van der Waals surface area contributed by atoms with Gasteiger partial charge in [0.1, 0.15) is 5.82 Å². The zero-order chi connectivity index (χ0) is 12.4. The molecule has 1 saturated heterocycles. The van der Waals surface area contributed by atoms with Crippen LogP contribution < -0.4 is 0 Å². The first-order chi connectivity index (χ1) is 8.08. The van der Waals surface area contributed by atoms with E-state index in [0.29, 0.717) is 17.3 Å². The summed E-state index contributed by atoms with van der Waals surface area (Å²) in [5.74, 6) is 1.39. The molecule has 17 heavy (non-hydrogen) atoms. The molecule has 1 unspecified atom stereocenters. The van der Waals surface area contributed by atoms with Gasteiger partial charge in [0.25, 0.3) is 5.91 Å². The Morgan fingerprint density at radius 3 is 2.88 bits per heavy atom. The van der Waals surface area contributed by atoms with Crippen LogP contribution in [-0.2, 0) is 0 Å². The Morgan fingerprint density at radius 2 is 2.24 bits per heavy atom. The van der Waals surface area contributed by atoms with Gasteiger partial charge in [0.2, 0.25) is 0 Å². The van der Waals surface area contributed by atoms with E-state index in [-0.39, 0.29) is 5.91 Å². The Labute approximate surface area is 102 Å². The molecule has 1 aliphatic heterocycles. The van der Waals surface area contributed by atoms with Crippen molar-refractivity contribution in [2.75, 3.05) is 13.1 Å². The number of nitrogens with zero attached hydrogens (tertiary/aromatic N) is 3. The minimum Gasteiger partial charge on any atom is -0.338 e. The van der Waals surface area contributed by atoms with Gasteiger partial charge in [-0.25, -0.2) is 9.97 Å². The van der Waals surface area contributed by atoms with Gasteiger partial charge in [-0.15, -0.1) is 0 Å². The fourth-order valence-corrected chi connectivity index (χ4v) is 2.34. The first kappa shape index (κ1) is 12.0. The Balaban J connectivity index is 2.18. The van der Waals surface area contributed by atoms with E-state index in [4.69, 9.17) is 0 Å². The maximum absolute atomic E-state index is 12.3. The van der Waals surface area contributed by atoms with E-state index in [1.807, 2.05) is 18.7 Å². The molecule has 2 rings (SSSR count). The largest absolute Gasteiger partial charge is 0.338 e. The van der Waals surface area contributed by atoms with Crippen molar-refractivity contribution >= 4 is 5.91 Å². The van der Waals surface area contributed by atoms with Gasteiger partial charge < -0.3 is 4.90 Å². The number of piperidine rings is 1. The molecule has 1 amide bonds. The highest BCUT2D eigenvalue weighted by Gasteiger charge is 2.23. The predicted molar refractivity (Wildman–Crippen MR) is 65.8 cm³/mol. The molecular weight excluding hydrogens is 214 g/mol. The van der Waals surface area contributed by atoms with Crippen LogP contribution in [-0.4, -0.2) is 33.9 Å². The fraction of sp³-hybridized carbons (Fsp3) is 0.615. The molecule has 0 spiro atoms. The van der Waals surface area contributed by atoms with Crippen LogP contribution in [0.15, 0.2) is 6.20 Å². The number of rotatable bonds is 1. The summed E-state index contributed by atoms with van der Waals surface area (Å²) >= 11 is 0. The standard InChI is InChI=1S/C13H19N3O/c1-9-5-4-6-16(8-9)13(17)12-7-14-11(3)15-10(12)2/h7,9H,4-6,8H2,1-3H3. The normalized spacial score (nSPS) is 20.4. The molecule has 1 fully saturated rings. The molecule has 1 aromatic rings. The third-order valence-electron chi connectivity index (χ3n) is 3.27. The Hall–Kier alpha value is -1.45. The van der Waals surface area contributed by atoms with Crippen LogP contribution in [0.3, 0.4) is 0 Å². The lowest BCUT2D eigenvalue weighted by atomic mass is 9.99. The maximum atomic E-state index is 12.3. The van der Waals surface area contributed by atoms with Crippen molar-refractivity contribution in [3.05, 3.63) is 23.3 Å². The fourth-order valence-electron chi connectivity index (χ4n) is 2.34. The quantitative estimate of drug-likeness (QED) is 0.745. The van der Waals surface area contributed by atoms with Crippen LogP contribution in [0.5, 0.6) is 0 Å². The molecule has 0 aromatic carbocycles. The van der Waals surface area contributed by atoms with Crippen LogP contribution in [0.1, 0.15) is 41.6 Å². The highest BCUT2D eigenvalue weighted by Crippen LogP contribution is 2.18. The third kappa shape index (κ3) is 2.62. The van der Waals surface area contributed by atoms with Crippen molar-refractivity contribution in [2.45, 2.75) is 33.6 Å². The highest BCUT2D eigenvalue weighted by molar-refractivity contribution is 5.95. The molecule has 4 nitrogen and oxygen atoms in total. The van der Waals surface area contributed by atoms with E-state index in [0.717, 1.165) is 25.2 Å². The third-order valence-corrected chi connectivity index (χ3v) is 3.27. The summed E-state index contributed by atoms with van der Waals surface area (Å²) in [6.07, 6.45) is 3.96. The molecule has 2 heterocycles. The minimum atomic E-state index is 0.0778. The Kier molecular flexibility index (Phi) is 3.41. The first-order valence-corrected chi connectivity index (χ1v) is 6.17. The smallest absolute Gasteiger partial charge is 0.257 e. The Bertz CT molecular complexity index is 431. The van der Waals surface area contributed by atoms with Gasteiger partial charge in [-0.1, -0.05) is 6.92 Å². The average molecular weight is 233 g/mol. The summed E-state index contributed by atoms with van der Waals surface area (Å²) < 4.78 is 0. The van der Waals surface area contributed by atoms with E-state index in [2.05, 4.69) is 16.9 Å². The molecule has 0 radical (unpaired) electrons. The van der Waals surface area contributed by atoms with Crippen LogP contribution >= 0.6 is 0 Å². The van der Waals surface area contributed by atoms with Crippen LogP contribution in [0.25, 0.3) is 0 Å². The summed E-state index contributed by atoms with van der Waals surface area (Å²) in [4.78, 5) is 22.6. The zero-order valence-electron chi connectivity index (χ0n) is 10.7. The van der Waals surface area contributed by atoms with Gasteiger partial charge in [0.05, 0.1) is 11.3 Å². The van der Waals surface area contributed by atoms with E-state index in [9.17, 15) is 4.79 Å². The molecule has 0 bridgehead atoms. The number of hydrogen-bond donors (Lipinski definition) is 0. The summed E-state index contributed by atoms with van der Waals surface area (Å²) in [6, 6.07) is 0. The van der Waals surface area contributed by atoms with Crippen LogP contribution in [0.4, 0.5) is 0 Å². The van der Waals surface area contributed by atoms with Gasteiger partial charge in [-0.05, 0) is 32.6 Å². The topological polar surface area (TPSA) is 46.1 Å². The number of carbonyl (C=O) groups excluding carboxylic acids is 1. The minimum absolute atomic E-state index is 0.0778. The van der Waals surface area contributed by atoms with Gasteiger partial charge in [0.15, 0.2) is 0 Å². The van der Waals surface area contributed by atoms with Gasteiger partial charge in [-0.3, -0.25) is 4.79 Å². The molecule has 1 aliphatic rings. The first-order valence-electron chi connectivity index (χ1n) is 6.17. The molecule has 0 aliphatic carbocycles. The van der Waals surface area contributed by atoms with Crippen molar-refractivity contribution in [3.63, 3.8) is 0 Å². The van der Waals surface area contributed by atoms with Gasteiger partial charge in [0, 0.05) is 19.3 Å². The second-order valence-corrected chi connectivity index (χ2v) is 4.91. The number of likely N-dealkylation sites (tertiary alicyclic amines) is 1. The molecular formula is C13H19N3O. The van der Waals surface area contributed by atoms with Crippen molar-refractivity contribution < 1.29 is 4.79 Å². The SMILES string of the molecule is Cc1ncc(C(=O)N2CCCC(C)C2)c(C)n1. The number of carbonyl (C=O) groups is 1. The van der Waals surface area contributed by atoms with Crippen LogP contribution in [0, 0.1) is 19.8 Å². The zero-order valence-corrected chi connectivity index (χ0v) is 10.7.